The smallest absolute Gasteiger partial charge is 0.408 e. The predicted molar refractivity (Wildman–Crippen MR) is 79.8 cm³/mol. The monoisotopic (exact) mass is 327 g/mol. The first-order valence-corrected chi connectivity index (χ1v) is 7.16. The van der Waals surface area contributed by atoms with Gasteiger partial charge in [0.2, 0.25) is 0 Å². The molecule has 2 amide bonds. The van der Waals surface area contributed by atoms with Gasteiger partial charge in [0.25, 0.3) is 0 Å². The average molecular weight is 328 g/mol. The van der Waals surface area contributed by atoms with Crippen molar-refractivity contribution in [2.45, 2.75) is 39.0 Å². The molecule has 1 aromatic rings. The normalized spacial score (nSPS) is 17.6. The van der Waals surface area contributed by atoms with Gasteiger partial charge in [-0.05, 0) is 32.4 Å². The maximum atomic E-state index is 11.9. The molecule has 1 aliphatic rings. The highest BCUT2D eigenvalue weighted by molar-refractivity contribution is 6.29. The summed E-state index contributed by atoms with van der Waals surface area (Å²) in [6.45, 7) is 5.55. The van der Waals surface area contributed by atoms with Crippen molar-refractivity contribution in [1.82, 2.24) is 15.2 Å². The number of hydrogen-bond acceptors (Lipinski definition) is 4. The van der Waals surface area contributed by atoms with E-state index in [9.17, 15) is 14.7 Å². The highest BCUT2D eigenvalue weighted by Crippen LogP contribution is 2.27. The molecule has 1 aromatic heterocycles. The van der Waals surface area contributed by atoms with Gasteiger partial charge in [0, 0.05) is 0 Å². The third kappa shape index (κ3) is 4.00. The lowest BCUT2D eigenvalue weighted by molar-refractivity contribution is 0.0478. The molecule has 0 radical (unpaired) electrons. The van der Waals surface area contributed by atoms with Gasteiger partial charge in [-0.3, -0.25) is 0 Å². The topological polar surface area (TPSA) is 91.8 Å². The maximum absolute atomic E-state index is 11.9. The zero-order chi connectivity index (χ0) is 16.5. The molecule has 1 atom stereocenters. The van der Waals surface area contributed by atoms with E-state index in [4.69, 9.17) is 16.3 Å². The third-order valence-electron chi connectivity index (χ3n) is 3.03. The van der Waals surface area contributed by atoms with Gasteiger partial charge in [0.05, 0.1) is 24.8 Å². The number of ether oxygens (including phenoxy) is 1. The summed E-state index contributed by atoms with van der Waals surface area (Å²) in [6, 6.07) is 2.70. The first-order valence-electron chi connectivity index (χ1n) is 6.78. The van der Waals surface area contributed by atoms with Gasteiger partial charge in [-0.1, -0.05) is 17.7 Å². The number of rotatable bonds is 1. The molecule has 0 aromatic carbocycles. The summed E-state index contributed by atoms with van der Waals surface area (Å²) in [4.78, 5) is 28.6. The summed E-state index contributed by atoms with van der Waals surface area (Å²) in [6.07, 6.45) is -1.69. The summed E-state index contributed by atoms with van der Waals surface area (Å²) < 4.78 is 5.20. The van der Waals surface area contributed by atoms with E-state index in [1.165, 1.54) is 4.90 Å². The Kier molecular flexibility index (Phi) is 4.46. The summed E-state index contributed by atoms with van der Waals surface area (Å²) in [5.41, 5.74) is 0.630. The SMILES string of the molecule is CC(C)(C)OC(=O)NC1CN(C(=O)O)Cc2ccc(Cl)nc21. The average Bonchev–Trinajstić information content (AvgIpc) is 2.36. The Balaban J connectivity index is 2.24. The van der Waals surface area contributed by atoms with Crippen molar-refractivity contribution in [3.05, 3.63) is 28.5 Å². The van der Waals surface area contributed by atoms with E-state index >= 15 is 0 Å². The van der Waals surface area contributed by atoms with E-state index in [-0.39, 0.29) is 13.1 Å². The van der Waals surface area contributed by atoms with Crippen molar-refractivity contribution in [2.75, 3.05) is 6.54 Å². The summed E-state index contributed by atoms with van der Waals surface area (Å²) in [5.74, 6) is 0. The molecule has 1 unspecified atom stereocenters. The second kappa shape index (κ2) is 6.00. The molecule has 2 heterocycles. The number of pyridine rings is 1. The van der Waals surface area contributed by atoms with Crippen LogP contribution in [0, 0.1) is 0 Å². The van der Waals surface area contributed by atoms with Crippen molar-refractivity contribution in [3.8, 4) is 0 Å². The van der Waals surface area contributed by atoms with Crippen molar-refractivity contribution >= 4 is 23.8 Å². The fraction of sp³-hybridized carbons (Fsp3) is 0.500. The molecule has 0 aliphatic carbocycles. The van der Waals surface area contributed by atoms with Gasteiger partial charge >= 0.3 is 12.2 Å². The van der Waals surface area contributed by atoms with Crippen molar-refractivity contribution < 1.29 is 19.4 Å². The molecule has 22 heavy (non-hydrogen) atoms. The van der Waals surface area contributed by atoms with Crippen LogP contribution >= 0.6 is 11.6 Å². The molecule has 0 saturated carbocycles. The molecular formula is C14H18ClN3O4. The van der Waals surface area contributed by atoms with Crippen LogP contribution in [-0.4, -0.2) is 39.3 Å². The second-order valence-electron chi connectivity index (χ2n) is 6.04. The standard InChI is InChI=1S/C14H18ClN3O4/c1-14(2,3)22-12(19)16-9-7-18(13(20)21)6-8-4-5-10(15)17-11(8)9/h4-5,9H,6-7H2,1-3H3,(H,16,19)(H,20,21). The van der Waals surface area contributed by atoms with E-state index in [0.717, 1.165) is 0 Å². The minimum atomic E-state index is -1.06. The van der Waals surface area contributed by atoms with Crippen molar-refractivity contribution in [3.63, 3.8) is 0 Å². The lowest BCUT2D eigenvalue weighted by atomic mass is 10.0. The fourth-order valence-electron chi connectivity index (χ4n) is 2.20. The van der Waals surface area contributed by atoms with Crippen LogP contribution in [0.3, 0.4) is 0 Å². The summed E-state index contributed by atoms with van der Waals surface area (Å²) >= 11 is 5.90. The molecule has 7 nitrogen and oxygen atoms in total. The van der Waals surface area contributed by atoms with Crippen molar-refractivity contribution in [2.24, 2.45) is 0 Å². The molecule has 0 saturated heterocycles. The predicted octanol–water partition coefficient (Wildman–Crippen LogP) is 2.79. The number of carbonyl (C=O) groups is 2. The van der Waals surface area contributed by atoms with E-state index in [1.807, 2.05) is 0 Å². The number of aromatic nitrogens is 1. The number of carboxylic acid groups (broad SMARTS) is 1. The Hall–Kier alpha value is -2.02. The number of amides is 2. The van der Waals surface area contributed by atoms with E-state index < -0.39 is 23.8 Å². The molecule has 1 aliphatic heterocycles. The van der Waals surface area contributed by atoms with Gasteiger partial charge in [-0.25, -0.2) is 14.6 Å². The molecular weight excluding hydrogens is 310 g/mol. The summed E-state index contributed by atoms with van der Waals surface area (Å²) in [5, 5.41) is 12.1. The molecule has 0 spiro atoms. The minimum absolute atomic E-state index is 0.0922. The van der Waals surface area contributed by atoms with Crippen LogP contribution in [0.5, 0.6) is 0 Å². The Morgan fingerprint density at radius 1 is 1.45 bits per heavy atom. The summed E-state index contributed by atoms with van der Waals surface area (Å²) in [7, 11) is 0. The van der Waals surface area contributed by atoms with Crippen LogP contribution in [0.2, 0.25) is 5.15 Å². The van der Waals surface area contributed by atoms with Crippen LogP contribution < -0.4 is 5.32 Å². The molecule has 0 fully saturated rings. The van der Waals surface area contributed by atoms with Crippen LogP contribution in [-0.2, 0) is 11.3 Å². The number of carbonyl (C=O) groups excluding carboxylic acids is 1. The van der Waals surface area contributed by atoms with Crippen LogP contribution in [0.1, 0.15) is 38.1 Å². The number of halogens is 1. The molecule has 120 valence electrons. The number of alkyl carbamates (subject to hydrolysis) is 1. The number of nitrogens with one attached hydrogen (secondary N) is 1. The van der Waals surface area contributed by atoms with Gasteiger partial charge in [0.15, 0.2) is 0 Å². The van der Waals surface area contributed by atoms with E-state index in [1.54, 1.807) is 32.9 Å². The third-order valence-corrected chi connectivity index (χ3v) is 3.24. The molecule has 2 N–H and O–H groups in total. The molecule has 2 rings (SSSR count). The van der Waals surface area contributed by atoms with E-state index in [0.29, 0.717) is 16.4 Å². The van der Waals surface area contributed by atoms with Gasteiger partial charge in [-0.15, -0.1) is 0 Å². The largest absolute Gasteiger partial charge is 0.465 e. The second-order valence-corrected chi connectivity index (χ2v) is 6.43. The first-order chi connectivity index (χ1) is 10.2. The number of hydrogen-bond donors (Lipinski definition) is 2. The minimum Gasteiger partial charge on any atom is -0.465 e. The zero-order valence-corrected chi connectivity index (χ0v) is 13.3. The van der Waals surface area contributed by atoms with E-state index in [2.05, 4.69) is 10.3 Å². The molecule has 8 heteroatoms. The quantitative estimate of drug-likeness (QED) is 0.774. The molecule has 0 bridgehead atoms. The van der Waals surface area contributed by atoms with Gasteiger partial charge in [0.1, 0.15) is 10.8 Å². The van der Waals surface area contributed by atoms with Crippen molar-refractivity contribution in [1.29, 1.82) is 0 Å². The van der Waals surface area contributed by atoms with Gasteiger partial charge < -0.3 is 20.1 Å². The number of nitrogens with zero attached hydrogens (tertiary/aromatic N) is 2. The number of fused-ring (bicyclic) bond motifs is 1. The van der Waals surface area contributed by atoms with Crippen LogP contribution in [0.15, 0.2) is 12.1 Å². The maximum Gasteiger partial charge on any atom is 0.408 e. The highest BCUT2D eigenvalue weighted by atomic mass is 35.5. The lowest BCUT2D eigenvalue weighted by Crippen LogP contribution is -2.45. The van der Waals surface area contributed by atoms with Crippen LogP contribution in [0.4, 0.5) is 9.59 Å². The first kappa shape index (κ1) is 16.4. The fourth-order valence-corrected chi connectivity index (χ4v) is 2.35. The van der Waals surface area contributed by atoms with Gasteiger partial charge in [-0.2, -0.15) is 0 Å². The highest BCUT2D eigenvalue weighted by Gasteiger charge is 2.31. The lowest BCUT2D eigenvalue weighted by Gasteiger charge is -2.33. The Morgan fingerprint density at radius 3 is 2.73 bits per heavy atom. The van der Waals surface area contributed by atoms with Crippen LogP contribution in [0.25, 0.3) is 0 Å². The Morgan fingerprint density at radius 2 is 2.14 bits per heavy atom. The zero-order valence-electron chi connectivity index (χ0n) is 12.6. The Labute approximate surface area is 133 Å². The Bertz CT molecular complexity index is 600.